The summed E-state index contributed by atoms with van der Waals surface area (Å²) in [4.78, 5) is 9.40. The predicted octanol–water partition coefficient (Wildman–Crippen LogP) is 2.92. The number of aromatic nitrogens is 4. The predicted molar refractivity (Wildman–Crippen MR) is 95.1 cm³/mol. The summed E-state index contributed by atoms with van der Waals surface area (Å²) in [5, 5.41) is 16.7. The molecule has 0 amide bonds. The van der Waals surface area contributed by atoms with Crippen LogP contribution in [-0.2, 0) is 0 Å². The molecule has 1 aliphatic carbocycles. The largest absolute Gasteiger partial charge is 0.391 e. The molecule has 24 heavy (non-hydrogen) atoms. The molecule has 2 heterocycles. The molecule has 0 aliphatic heterocycles. The zero-order valence-electron chi connectivity index (χ0n) is 12.7. The average molecular weight is 362 g/mol. The molecule has 0 bridgehead atoms. The molecule has 8 heteroatoms. The minimum atomic E-state index is -0.464. The van der Waals surface area contributed by atoms with Crippen LogP contribution in [0.1, 0.15) is 18.9 Å². The Morgan fingerprint density at radius 1 is 1.21 bits per heavy atom. The minimum Gasteiger partial charge on any atom is -0.391 e. The molecule has 1 saturated carbocycles. The van der Waals surface area contributed by atoms with Gasteiger partial charge < -0.3 is 10.8 Å². The second-order valence-electron chi connectivity index (χ2n) is 5.89. The van der Waals surface area contributed by atoms with Gasteiger partial charge in [-0.3, -0.25) is 0 Å². The fourth-order valence-electron chi connectivity index (χ4n) is 3.14. The number of benzene rings is 1. The molecule has 2 unspecified atom stereocenters. The van der Waals surface area contributed by atoms with Crippen molar-refractivity contribution in [1.29, 1.82) is 0 Å². The third-order valence-electron chi connectivity index (χ3n) is 4.31. The maximum absolute atomic E-state index is 10.5. The zero-order chi connectivity index (χ0) is 16.7. The first-order chi connectivity index (χ1) is 11.6. The van der Waals surface area contributed by atoms with E-state index in [4.69, 9.17) is 17.3 Å². The Kier molecular flexibility index (Phi) is 4.07. The lowest BCUT2D eigenvalue weighted by atomic mass is 10.2. The fourth-order valence-corrected chi connectivity index (χ4v) is 4.53. The van der Waals surface area contributed by atoms with E-state index in [9.17, 15) is 5.11 Å². The molecule has 124 valence electrons. The fraction of sp³-hybridized carbons (Fsp3) is 0.312. The summed E-state index contributed by atoms with van der Waals surface area (Å²) in [7, 11) is 0. The van der Waals surface area contributed by atoms with Crippen LogP contribution >= 0.6 is 23.4 Å². The van der Waals surface area contributed by atoms with Crippen LogP contribution in [0, 0.1) is 0 Å². The van der Waals surface area contributed by atoms with Crippen molar-refractivity contribution in [3.05, 3.63) is 41.8 Å². The first kappa shape index (κ1) is 15.7. The van der Waals surface area contributed by atoms with E-state index in [1.807, 2.05) is 24.3 Å². The normalized spacial score (nSPS) is 23.8. The number of halogens is 1. The Hall–Kier alpha value is -1.83. The molecule has 1 fully saturated rings. The van der Waals surface area contributed by atoms with Crippen molar-refractivity contribution in [2.75, 3.05) is 5.73 Å². The van der Waals surface area contributed by atoms with E-state index >= 15 is 0 Å². The van der Waals surface area contributed by atoms with Crippen molar-refractivity contribution in [3.8, 4) is 0 Å². The average Bonchev–Trinajstić information content (AvgIpc) is 3.14. The standard InChI is InChI=1S/C16H16ClN5OS/c17-9-1-3-10(4-2-9)24-11-5-13(14(23)6-11)22-16-12(7-21-22)15(18)19-8-20-16/h1-4,7-8,11,13-14,23H,5-6H2,(H2,18,19,20)/t11?,13?,14-/m1/s1. The van der Waals surface area contributed by atoms with E-state index < -0.39 is 6.10 Å². The molecule has 3 atom stereocenters. The molecule has 3 N–H and O–H groups in total. The summed E-state index contributed by atoms with van der Waals surface area (Å²) in [6, 6.07) is 7.66. The maximum atomic E-state index is 10.5. The Morgan fingerprint density at radius 2 is 2.00 bits per heavy atom. The van der Waals surface area contributed by atoms with Crippen LogP contribution in [0.25, 0.3) is 11.0 Å². The summed E-state index contributed by atoms with van der Waals surface area (Å²) in [6.45, 7) is 0. The summed E-state index contributed by atoms with van der Waals surface area (Å²) in [5.41, 5.74) is 6.53. The number of anilines is 1. The first-order valence-electron chi connectivity index (χ1n) is 7.66. The number of hydrogen-bond donors (Lipinski definition) is 2. The summed E-state index contributed by atoms with van der Waals surface area (Å²) in [6.07, 6.45) is 4.15. The van der Waals surface area contributed by atoms with Gasteiger partial charge >= 0.3 is 0 Å². The van der Waals surface area contributed by atoms with E-state index in [0.29, 0.717) is 23.1 Å². The number of aliphatic hydroxyl groups is 1. The summed E-state index contributed by atoms with van der Waals surface area (Å²) < 4.78 is 1.78. The number of aliphatic hydroxyl groups excluding tert-OH is 1. The van der Waals surface area contributed by atoms with E-state index in [1.54, 1.807) is 22.6 Å². The van der Waals surface area contributed by atoms with Gasteiger partial charge in [0.2, 0.25) is 0 Å². The molecule has 4 rings (SSSR count). The third-order valence-corrected chi connectivity index (χ3v) is 5.82. The van der Waals surface area contributed by atoms with Gasteiger partial charge in [-0.05, 0) is 37.1 Å². The molecule has 3 aromatic rings. The van der Waals surface area contributed by atoms with Crippen molar-refractivity contribution in [2.24, 2.45) is 0 Å². The molecule has 0 spiro atoms. The second kappa shape index (κ2) is 6.23. The Labute approximate surface area is 148 Å². The quantitative estimate of drug-likeness (QED) is 0.745. The van der Waals surface area contributed by atoms with Gasteiger partial charge in [0.15, 0.2) is 5.65 Å². The molecule has 1 aromatic carbocycles. The summed E-state index contributed by atoms with van der Waals surface area (Å²) >= 11 is 7.68. The number of rotatable bonds is 3. The van der Waals surface area contributed by atoms with Crippen LogP contribution in [0.15, 0.2) is 41.7 Å². The molecular weight excluding hydrogens is 346 g/mol. The second-order valence-corrected chi connectivity index (χ2v) is 7.70. The van der Waals surface area contributed by atoms with Crippen molar-refractivity contribution in [2.45, 2.75) is 35.1 Å². The van der Waals surface area contributed by atoms with Crippen LogP contribution in [0.2, 0.25) is 5.02 Å². The highest BCUT2D eigenvalue weighted by atomic mass is 35.5. The number of hydrogen-bond acceptors (Lipinski definition) is 6. The third kappa shape index (κ3) is 2.83. The van der Waals surface area contributed by atoms with Gasteiger partial charge in [-0.2, -0.15) is 5.10 Å². The lowest BCUT2D eigenvalue weighted by Gasteiger charge is -2.15. The van der Waals surface area contributed by atoms with Gasteiger partial charge in [0.1, 0.15) is 12.1 Å². The highest BCUT2D eigenvalue weighted by Crippen LogP contribution is 2.41. The SMILES string of the molecule is Nc1ncnc2c1cnn2C1CC(Sc2ccc(Cl)cc2)C[C@H]1O. The lowest BCUT2D eigenvalue weighted by molar-refractivity contribution is 0.132. The van der Waals surface area contributed by atoms with Crippen molar-refractivity contribution in [3.63, 3.8) is 0 Å². The van der Waals surface area contributed by atoms with Crippen LogP contribution in [0.3, 0.4) is 0 Å². The highest BCUT2D eigenvalue weighted by molar-refractivity contribution is 8.00. The number of nitrogens with zero attached hydrogens (tertiary/aromatic N) is 4. The number of nitrogen functional groups attached to an aromatic ring is 1. The Morgan fingerprint density at radius 3 is 2.79 bits per heavy atom. The first-order valence-corrected chi connectivity index (χ1v) is 8.91. The van der Waals surface area contributed by atoms with E-state index in [2.05, 4.69) is 15.1 Å². The topological polar surface area (TPSA) is 89.9 Å². The van der Waals surface area contributed by atoms with Crippen molar-refractivity contribution >= 4 is 40.2 Å². The highest BCUT2D eigenvalue weighted by Gasteiger charge is 2.36. The van der Waals surface area contributed by atoms with Gasteiger partial charge in [0.25, 0.3) is 0 Å². The van der Waals surface area contributed by atoms with E-state index in [-0.39, 0.29) is 6.04 Å². The van der Waals surface area contributed by atoms with Crippen LogP contribution in [0.5, 0.6) is 0 Å². The number of thioether (sulfide) groups is 1. The van der Waals surface area contributed by atoms with Gasteiger partial charge in [-0.25, -0.2) is 14.6 Å². The minimum absolute atomic E-state index is 0.110. The molecule has 0 saturated heterocycles. The van der Waals surface area contributed by atoms with Gasteiger partial charge in [0, 0.05) is 15.2 Å². The van der Waals surface area contributed by atoms with Gasteiger partial charge in [-0.1, -0.05) is 11.6 Å². The molecule has 1 aliphatic rings. The van der Waals surface area contributed by atoms with E-state index in [0.717, 1.165) is 21.7 Å². The summed E-state index contributed by atoms with van der Waals surface area (Å²) in [5.74, 6) is 0.408. The monoisotopic (exact) mass is 361 g/mol. The van der Waals surface area contributed by atoms with Crippen LogP contribution < -0.4 is 5.73 Å². The maximum Gasteiger partial charge on any atom is 0.163 e. The molecular formula is C16H16ClN5OS. The smallest absolute Gasteiger partial charge is 0.163 e. The lowest BCUT2D eigenvalue weighted by Crippen LogP contribution is -2.19. The Balaban J connectivity index is 1.56. The molecule has 2 aromatic heterocycles. The Bertz CT molecular complexity index is 869. The van der Waals surface area contributed by atoms with Crippen LogP contribution in [0.4, 0.5) is 5.82 Å². The zero-order valence-corrected chi connectivity index (χ0v) is 14.3. The van der Waals surface area contributed by atoms with Crippen molar-refractivity contribution in [1.82, 2.24) is 19.7 Å². The van der Waals surface area contributed by atoms with E-state index in [1.165, 1.54) is 6.33 Å². The van der Waals surface area contributed by atoms with Crippen molar-refractivity contribution < 1.29 is 5.11 Å². The molecule has 6 nitrogen and oxygen atoms in total. The number of nitrogens with two attached hydrogens (primary N) is 1. The molecule has 0 radical (unpaired) electrons. The van der Waals surface area contributed by atoms with Crippen LogP contribution in [-0.4, -0.2) is 36.2 Å². The number of fused-ring (bicyclic) bond motifs is 1. The van der Waals surface area contributed by atoms with Gasteiger partial charge in [0.05, 0.1) is 23.7 Å². The van der Waals surface area contributed by atoms with Gasteiger partial charge in [-0.15, -0.1) is 11.8 Å².